The Bertz CT molecular complexity index is 821. The van der Waals surface area contributed by atoms with E-state index in [9.17, 15) is 10.1 Å². The smallest absolute Gasteiger partial charge is 0.315 e. The largest absolute Gasteiger partial charge is 0.481 e. The molecule has 0 saturated heterocycles. The first-order valence-electron chi connectivity index (χ1n) is 7.90. The Kier molecular flexibility index (Phi) is 4.80. The second kappa shape index (κ2) is 7.18. The molecule has 2 aromatic rings. The zero-order valence-corrected chi connectivity index (χ0v) is 13.6. The van der Waals surface area contributed by atoms with Crippen LogP contribution < -0.4 is 21.8 Å². The van der Waals surface area contributed by atoms with Gasteiger partial charge in [-0.25, -0.2) is 5.84 Å². The molecule has 0 bridgehead atoms. The maximum absolute atomic E-state index is 11.7. The molecule has 0 radical (unpaired) electrons. The third kappa shape index (κ3) is 3.24. The molecule has 0 unspecified atom stereocenters. The molecule has 25 heavy (non-hydrogen) atoms. The van der Waals surface area contributed by atoms with Crippen molar-refractivity contribution in [2.75, 3.05) is 0 Å². The lowest BCUT2D eigenvalue weighted by Crippen LogP contribution is -2.32. The van der Waals surface area contributed by atoms with Crippen LogP contribution in [0.5, 0.6) is 5.75 Å². The maximum Gasteiger partial charge on any atom is 0.315 e. The number of fused-ring (bicyclic) bond motifs is 1. The van der Waals surface area contributed by atoms with E-state index >= 15 is 0 Å². The van der Waals surface area contributed by atoms with Crippen LogP contribution in [-0.2, 0) is 19.4 Å². The summed E-state index contributed by atoms with van der Waals surface area (Å²) in [4.78, 5) is 11.3. The quantitative estimate of drug-likeness (QED) is 0.250. The highest BCUT2D eigenvalue weighted by Crippen LogP contribution is 2.41. The van der Waals surface area contributed by atoms with Crippen LogP contribution in [0.2, 0.25) is 0 Å². The van der Waals surface area contributed by atoms with Crippen molar-refractivity contribution in [2.24, 2.45) is 16.8 Å². The third-order valence-corrected chi connectivity index (χ3v) is 4.25. The Labute approximate surface area is 144 Å². The molecule has 0 spiro atoms. The second-order valence-electron chi connectivity index (χ2n) is 5.75. The molecule has 0 heterocycles. The van der Waals surface area contributed by atoms with Gasteiger partial charge >= 0.3 is 5.69 Å². The fraction of sp³-hybridized carbons (Fsp3) is 0.235. The van der Waals surface area contributed by atoms with Crippen molar-refractivity contribution in [3.63, 3.8) is 0 Å². The minimum atomic E-state index is -0.404. The molecule has 1 aliphatic rings. The first-order valence-corrected chi connectivity index (χ1v) is 7.90. The van der Waals surface area contributed by atoms with E-state index in [0.29, 0.717) is 17.5 Å². The fourth-order valence-corrected chi connectivity index (χ4v) is 3.13. The molecule has 8 heteroatoms. The second-order valence-corrected chi connectivity index (χ2v) is 5.75. The summed E-state index contributed by atoms with van der Waals surface area (Å²) in [5.41, 5.74) is 5.27. The number of nitrogens with one attached hydrogen (secondary N) is 1. The van der Waals surface area contributed by atoms with Crippen LogP contribution in [0.3, 0.4) is 0 Å². The van der Waals surface area contributed by atoms with Gasteiger partial charge in [0.05, 0.1) is 10.5 Å². The van der Waals surface area contributed by atoms with E-state index in [1.54, 1.807) is 0 Å². The zero-order valence-electron chi connectivity index (χ0n) is 13.6. The van der Waals surface area contributed by atoms with Crippen molar-refractivity contribution in [3.05, 3.63) is 68.8 Å². The molecule has 8 nitrogen and oxygen atoms in total. The van der Waals surface area contributed by atoms with E-state index < -0.39 is 4.92 Å². The number of hydrazone groups is 1. The lowest BCUT2D eigenvalue weighted by Gasteiger charge is -2.15. The number of hydrogen-bond acceptors (Lipinski definition) is 6. The number of nitrogens with two attached hydrogens (primary N) is 2. The predicted octanol–water partition coefficient (Wildman–Crippen LogP) is 1.75. The molecule has 2 aromatic carbocycles. The summed E-state index contributed by atoms with van der Waals surface area (Å²) in [6.07, 6.45) is 2.28. The minimum absolute atomic E-state index is 0.0302. The van der Waals surface area contributed by atoms with Crippen LogP contribution >= 0.6 is 0 Å². The Balaban J connectivity index is 2.10. The molecular formula is C17H19N5O3. The molecule has 0 fully saturated rings. The highest BCUT2D eigenvalue weighted by atomic mass is 16.6. The Morgan fingerprint density at radius 2 is 2.08 bits per heavy atom. The summed E-state index contributed by atoms with van der Waals surface area (Å²) in [6.45, 7) is 0.190. The normalized spacial score (nSPS) is 13.4. The van der Waals surface area contributed by atoms with Gasteiger partial charge in [-0.05, 0) is 36.5 Å². The third-order valence-electron chi connectivity index (χ3n) is 4.25. The highest BCUT2D eigenvalue weighted by molar-refractivity contribution is 6.02. The van der Waals surface area contributed by atoms with Gasteiger partial charge in [-0.1, -0.05) is 30.3 Å². The van der Waals surface area contributed by atoms with Crippen LogP contribution in [0.15, 0.2) is 41.5 Å². The summed E-state index contributed by atoms with van der Waals surface area (Å²) in [7, 11) is 0. The van der Waals surface area contributed by atoms with E-state index in [0.717, 1.165) is 24.0 Å². The fourth-order valence-electron chi connectivity index (χ4n) is 3.13. The minimum Gasteiger partial charge on any atom is -0.481 e. The van der Waals surface area contributed by atoms with E-state index in [-0.39, 0.29) is 23.9 Å². The lowest BCUT2D eigenvalue weighted by atomic mass is 10.0. The van der Waals surface area contributed by atoms with Crippen molar-refractivity contribution >= 4 is 11.5 Å². The van der Waals surface area contributed by atoms with Crippen LogP contribution in [0.25, 0.3) is 0 Å². The van der Waals surface area contributed by atoms with Crippen LogP contribution in [0, 0.1) is 10.1 Å². The van der Waals surface area contributed by atoms with Crippen molar-refractivity contribution in [1.29, 1.82) is 0 Å². The number of benzene rings is 2. The average molecular weight is 341 g/mol. The molecular weight excluding hydrogens is 322 g/mol. The van der Waals surface area contributed by atoms with E-state index in [4.69, 9.17) is 16.4 Å². The number of hydrogen-bond donors (Lipinski definition) is 3. The number of aryl methyl sites for hydroxylation is 1. The van der Waals surface area contributed by atoms with Gasteiger partial charge < -0.3 is 16.0 Å². The molecule has 0 aromatic heterocycles. The van der Waals surface area contributed by atoms with Gasteiger partial charge in [-0.15, -0.1) is 0 Å². The Hall–Kier alpha value is -3.13. The summed E-state index contributed by atoms with van der Waals surface area (Å²) in [5.74, 6) is 11.1. The van der Waals surface area contributed by atoms with Gasteiger partial charge in [0.1, 0.15) is 6.61 Å². The topological polar surface area (TPSA) is 129 Å². The summed E-state index contributed by atoms with van der Waals surface area (Å²) in [5, 5.41) is 15.3. The molecule has 0 aliphatic heterocycles. The first kappa shape index (κ1) is 16.7. The highest BCUT2D eigenvalue weighted by Gasteiger charge is 2.31. The molecule has 0 saturated carbocycles. The number of rotatable bonds is 5. The summed E-state index contributed by atoms with van der Waals surface area (Å²) in [6, 6.07) is 11.2. The van der Waals surface area contributed by atoms with E-state index in [1.165, 1.54) is 0 Å². The molecule has 0 atom stereocenters. The molecule has 130 valence electrons. The number of hydrazine groups is 1. The van der Waals surface area contributed by atoms with Gasteiger partial charge in [0, 0.05) is 5.56 Å². The van der Waals surface area contributed by atoms with Gasteiger partial charge in [-0.2, -0.15) is 5.10 Å². The molecule has 5 N–H and O–H groups in total. The van der Waals surface area contributed by atoms with Gasteiger partial charge in [0.2, 0.25) is 5.75 Å². The van der Waals surface area contributed by atoms with E-state index in [1.807, 2.05) is 36.4 Å². The molecule has 3 rings (SSSR count). The lowest BCUT2D eigenvalue weighted by molar-refractivity contribution is -0.386. The average Bonchev–Trinajstić information content (AvgIpc) is 3.09. The van der Waals surface area contributed by atoms with Crippen LogP contribution in [-0.4, -0.2) is 10.8 Å². The van der Waals surface area contributed by atoms with Crippen molar-refractivity contribution < 1.29 is 9.66 Å². The Morgan fingerprint density at radius 3 is 2.72 bits per heavy atom. The predicted molar refractivity (Wildman–Crippen MR) is 93.9 cm³/mol. The van der Waals surface area contributed by atoms with E-state index in [2.05, 4.69) is 10.5 Å². The van der Waals surface area contributed by atoms with Gasteiger partial charge in [-0.3, -0.25) is 10.1 Å². The van der Waals surface area contributed by atoms with Crippen molar-refractivity contribution in [1.82, 2.24) is 5.43 Å². The summed E-state index contributed by atoms with van der Waals surface area (Å²) < 4.78 is 5.85. The van der Waals surface area contributed by atoms with Crippen molar-refractivity contribution in [3.8, 4) is 5.75 Å². The SMILES string of the molecule is N/N=C(\NN)c1cc2c(c([N+](=O)[O-])c1OCc1ccccc1)CCC2. The Morgan fingerprint density at radius 1 is 1.32 bits per heavy atom. The number of ether oxygens (including phenoxy) is 1. The molecule has 1 aliphatic carbocycles. The maximum atomic E-state index is 11.7. The monoisotopic (exact) mass is 341 g/mol. The van der Waals surface area contributed by atoms with Gasteiger partial charge in [0.25, 0.3) is 0 Å². The first-order chi connectivity index (χ1) is 12.2. The summed E-state index contributed by atoms with van der Waals surface area (Å²) >= 11 is 0. The molecule has 0 amide bonds. The van der Waals surface area contributed by atoms with Crippen LogP contribution in [0.1, 0.15) is 28.7 Å². The number of nitro benzene ring substituents is 1. The zero-order chi connectivity index (χ0) is 17.8. The number of amidine groups is 1. The standard InChI is InChI=1S/C17H19N5O3/c18-20-17(21-19)14-9-12-7-4-8-13(12)15(22(23)24)16(14)25-10-11-5-2-1-3-6-11/h1-3,5-6,9H,4,7-8,10,18-19H2,(H,20,21). The number of nitrogens with zero attached hydrogens (tertiary/aromatic N) is 2. The number of nitro groups is 1. The van der Waals surface area contributed by atoms with Gasteiger partial charge in [0.15, 0.2) is 5.84 Å². The van der Waals surface area contributed by atoms with Crippen LogP contribution in [0.4, 0.5) is 5.69 Å². The van der Waals surface area contributed by atoms with Crippen molar-refractivity contribution in [2.45, 2.75) is 25.9 Å².